The van der Waals surface area contributed by atoms with Crippen molar-refractivity contribution in [3.63, 3.8) is 0 Å². The molecule has 4 aliphatic rings. The van der Waals surface area contributed by atoms with Gasteiger partial charge in [-0.05, 0) is 67.9 Å². The largest absolute Gasteiger partial charge is 0.497 e. The summed E-state index contributed by atoms with van der Waals surface area (Å²) in [5.41, 5.74) is 0.242. The molecular weight excluding hydrogens is 640 g/mol. The lowest BCUT2D eigenvalue weighted by atomic mass is 10.1. The molecule has 4 amide bonds. The second kappa shape index (κ2) is 15.1. The quantitative estimate of drug-likeness (QED) is 0.313. The first-order chi connectivity index (χ1) is 23.0. The normalized spacial score (nSPS) is 27.9. The van der Waals surface area contributed by atoms with Crippen LogP contribution >= 0.6 is 0 Å². The zero-order chi connectivity index (χ0) is 34.5. The molecule has 0 aromatic heterocycles. The van der Waals surface area contributed by atoms with Gasteiger partial charge in [-0.1, -0.05) is 38.0 Å². The Morgan fingerprint density at radius 3 is 2.71 bits per heavy atom. The van der Waals surface area contributed by atoms with E-state index in [0.717, 1.165) is 17.5 Å². The molecule has 2 aliphatic carbocycles. The number of amides is 4. The zero-order valence-electron chi connectivity index (χ0n) is 27.6. The molecule has 14 heteroatoms. The summed E-state index contributed by atoms with van der Waals surface area (Å²) in [6.07, 6.45) is 8.42. The molecule has 2 aliphatic heterocycles. The van der Waals surface area contributed by atoms with Gasteiger partial charge in [0.15, 0.2) is 0 Å². The van der Waals surface area contributed by atoms with Crippen LogP contribution in [0.1, 0.15) is 75.8 Å². The molecule has 5 atom stereocenters. The number of cyclic esters (lactones) is 1. The summed E-state index contributed by atoms with van der Waals surface area (Å²) in [6, 6.07) is 3.73. The highest BCUT2D eigenvalue weighted by Gasteiger charge is 2.62. The van der Waals surface area contributed by atoms with Gasteiger partial charge in [0.25, 0.3) is 5.91 Å². The number of hydrogen-bond acceptors (Lipinski definition) is 9. The van der Waals surface area contributed by atoms with Crippen molar-refractivity contribution in [3.8, 4) is 5.75 Å². The van der Waals surface area contributed by atoms with Gasteiger partial charge in [-0.2, -0.15) is 0 Å². The minimum absolute atomic E-state index is 0.0626. The van der Waals surface area contributed by atoms with Crippen LogP contribution in [-0.2, 0) is 40.5 Å². The van der Waals surface area contributed by atoms with Gasteiger partial charge in [0.2, 0.25) is 21.8 Å². The standard InChI is InChI=1S/C34H46N4O9S/c1-4-6-11-28-31(40)38-20-26(47-21-23-15-22(16-25(17-23)45-3)10-8-7-9-14-46-33(42)35-28)18-29(38)30(39)36-34(19-24(34)5-2)32(41)37-48(43,44)27-12-13-27/h5,8,10,15-17,24,26-29H,2,4,6-7,9,11-14,18-21H2,1,3H3,(H,35,42)(H,36,39)(H,37,41)/t24-,26?,28+,29+,34-/m1/s1. The van der Waals surface area contributed by atoms with Crippen LogP contribution in [0.3, 0.4) is 0 Å². The van der Waals surface area contributed by atoms with Gasteiger partial charge in [0, 0.05) is 18.9 Å². The maximum absolute atomic E-state index is 14.1. The van der Waals surface area contributed by atoms with Crippen molar-refractivity contribution in [1.29, 1.82) is 0 Å². The number of unbranched alkanes of at least 4 members (excludes halogenated alkanes) is 1. The fourth-order valence-corrected chi connectivity index (χ4v) is 7.63. The van der Waals surface area contributed by atoms with Crippen LogP contribution in [-0.4, -0.2) is 86.4 Å². The monoisotopic (exact) mass is 686 g/mol. The van der Waals surface area contributed by atoms with E-state index in [4.69, 9.17) is 14.2 Å². The van der Waals surface area contributed by atoms with E-state index in [2.05, 4.69) is 21.9 Å². The Bertz CT molecular complexity index is 1540. The molecule has 48 heavy (non-hydrogen) atoms. The highest BCUT2D eigenvalue weighted by Crippen LogP contribution is 2.45. The smallest absolute Gasteiger partial charge is 0.407 e. The molecule has 0 spiro atoms. The zero-order valence-corrected chi connectivity index (χ0v) is 28.4. The first-order valence-electron chi connectivity index (χ1n) is 16.7. The lowest BCUT2D eigenvalue weighted by Crippen LogP contribution is -2.58. The van der Waals surface area contributed by atoms with Crippen molar-refractivity contribution >= 4 is 39.9 Å². The highest BCUT2D eigenvalue weighted by atomic mass is 32.2. The predicted molar refractivity (Wildman–Crippen MR) is 177 cm³/mol. The molecule has 1 saturated heterocycles. The van der Waals surface area contributed by atoms with Crippen LogP contribution < -0.4 is 20.1 Å². The first-order valence-corrected chi connectivity index (χ1v) is 18.2. The number of carbonyl (C=O) groups is 4. The van der Waals surface area contributed by atoms with Gasteiger partial charge >= 0.3 is 6.09 Å². The number of benzene rings is 1. The van der Waals surface area contributed by atoms with Gasteiger partial charge in [-0.15, -0.1) is 6.58 Å². The van der Waals surface area contributed by atoms with Gasteiger partial charge in [0.1, 0.15) is 23.4 Å². The average molecular weight is 687 g/mol. The van der Waals surface area contributed by atoms with Crippen LogP contribution in [0.25, 0.3) is 6.08 Å². The second-order valence-electron chi connectivity index (χ2n) is 13.0. The van der Waals surface area contributed by atoms with E-state index in [0.29, 0.717) is 44.3 Å². The van der Waals surface area contributed by atoms with E-state index in [1.807, 2.05) is 37.3 Å². The third-order valence-electron chi connectivity index (χ3n) is 9.30. The Kier molecular flexibility index (Phi) is 11.1. The summed E-state index contributed by atoms with van der Waals surface area (Å²) in [5.74, 6) is -1.74. The SMILES string of the molecule is C=C[C@@H]1C[C@]1(NC(=O)[C@@H]1CC2CN1C(=O)[C@H](CCCC)NC(=O)OCCCC=Cc1cc(cc(OC)c1)CO2)C(=O)NS(=O)(=O)C1CC1. The summed E-state index contributed by atoms with van der Waals surface area (Å²) < 4.78 is 44.5. The Morgan fingerprint density at radius 2 is 2.02 bits per heavy atom. The molecule has 2 saturated carbocycles. The topological polar surface area (TPSA) is 169 Å². The van der Waals surface area contributed by atoms with Gasteiger partial charge in [-0.25, -0.2) is 13.2 Å². The molecule has 4 bridgehead atoms. The summed E-state index contributed by atoms with van der Waals surface area (Å²) in [5, 5.41) is 4.87. The van der Waals surface area contributed by atoms with E-state index in [9.17, 15) is 27.6 Å². The number of nitrogens with one attached hydrogen (secondary N) is 3. The molecule has 2 heterocycles. The number of fused-ring (bicyclic) bond motifs is 4. The van der Waals surface area contributed by atoms with Crippen molar-refractivity contribution in [2.24, 2.45) is 5.92 Å². The lowest BCUT2D eigenvalue weighted by molar-refractivity contribution is -0.141. The molecule has 0 radical (unpaired) electrons. The number of rotatable bonds is 10. The van der Waals surface area contributed by atoms with Crippen LogP contribution in [0.15, 0.2) is 36.9 Å². The van der Waals surface area contributed by atoms with Crippen LogP contribution in [0.4, 0.5) is 4.79 Å². The molecule has 13 nitrogen and oxygen atoms in total. The predicted octanol–water partition coefficient (Wildman–Crippen LogP) is 2.94. The summed E-state index contributed by atoms with van der Waals surface area (Å²) in [4.78, 5) is 55.6. The lowest BCUT2D eigenvalue weighted by Gasteiger charge is -2.29. The van der Waals surface area contributed by atoms with Crippen LogP contribution in [0, 0.1) is 5.92 Å². The van der Waals surface area contributed by atoms with Crippen molar-refractivity contribution in [3.05, 3.63) is 48.1 Å². The number of ether oxygens (including phenoxy) is 3. The summed E-state index contributed by atoms with van der Waals surface area (Å²) in [6.45, 7) is 6.13. The minimum atomic E-state index is -3.86. The minimum Gasteiger partial charge on any atom is -0.497 e. The Hall–Kier alpha value is -3.91. The second-order valence-corrected chi connectivity index (χ2v) is 15.0. The van der Waals surface area contributed by atoms with Crippen molar-refractivity contribution < 1.29 is 41.8 Å². The van der Waals surface area contributed by atoms with E-state index in [-0.39, 0.29) is 32.6 Å². The number of alkyl carbamates (subject to hydrolysis) is 1. The number of nitrogens with zero attached hydrogens (tertiary/aromatic N) is 1. The molecule has 1 aromatic rings. The van der Waals surface area contributed by atoms with E-state index >= 15 is 0 Å². The fraction of sp³-hybridized carbons (Fsp3) is 0.588. The average Bonchev–Trinajstić information content (AvgIpc) is 3.99. The molecule has 5 rings (SSSR count). The number of hydrogen-bond donors (Lipinski definition) is 3. The molecule has 1 unspecified atom stereocenters. The first kappa shape index (κ1) is 35.4. The summed E-state index contributed by atoms with van der Waals surface area (Å²) >= 11 is 0. The number of allylic oxidation sites excluding steroid dienone is 1. The third-order valence-corrected chi connectivity index (χ3v) is 11.1. The fourth-order valence-electron chi connectivity index (χ4n) is 6.26. The van der Waals surface area contributed by atoms with E-state index in [1.54, 1.807) is 7.11 Å². The van der Waals surface area contributed by atoms with Crippen molar-refractivity contribution in [1.82, 2.24) is 20.3 Å². The molecule has 3 fully saturated rings. The Labute approximate surface area is 281 Å². The summed E-state index contributed by atoms with van der Waals surface area (Å²) in [7, 11) is -2.28. The number of methoxy groups -OCH3 is 1. The van der Waals surface area contributed by atoms with Gasteiger partial charge in [-0.3, -0.25) is 19.1 Å². The highest BCUT2D eigenvalue weighted by molar-refractivity contribution is 7.91. The van der Waals surface area contributed by atoms with Gasteiger partial charge < -0.3 is 29.7 Å². The number of carbonyl (C=O) groups excluding carboxylic acids is 4. The number of sulfonamides is 1. The van der Waals surface area contributed by atoms with E-state index < -0.39 is 68.7 Å². The Balaban J connectivity index is 1.41. The van der Waals surface area contributed by atoms with Crippen molar-refractivity contribution in [2.45, 2.75) is 100 Å². The molecule has 1 aromatic carbocycles. The maximum atomic E-state index is 14.1. The van der Waals surface area contributed by atoms with Crippen molar-refractivity contribution in [2.75, 3.05) is 20.3 Å². The maximum Gasteiger partial charge on any atom is 0.407 e. The van der Waals surface area contributed by atoms with Crippen LogP contribution in [0.5, 0.6) is 5.75 Å². The Morgan fingerprint density at radius 1 is 1.23 bits per heavy atom. The third kappa shape index (κ3) is 8.38. The molecule has 262 valence electrons. The molecule has 3 N–H and O–H groups in total. The molecular formula is C34H46N4O9S. The van der Waals surface area contributed by atoms with Crippen LogP contribution in [0.2, 0.25) is 0 Å². The van der Waals surface area contributed by atoms with Gasteiger partial charge in [0.05, 0.1) is 31.7 Å². The van der Waals surface area contributed by atoms with E-state index in [1.165, 1.54) is 11.0 Å².